The van der Waals surface area contributed by atoms with Gasteiger partial charge in [0.05, 0.1) is 12.2 Å². The van der Waals surface area contributed by atoms with E-state index in [4.69, 9.17) is 11.6 Å². The number of carbonyl (C=O) groups is 2. The third-order valence-electron chi connectivity index (χ3n) is 6.39. The van der Waals surface area contributed by atoms with Crippen molar-refractivity contribution in [3.8, 4) is 0 Å². The molecule has 1 atom stereocenters. The Morgan fingerprint density at radius 2 is 1.82 bits per heavy atom. The van der Waals surface area contributed by atoms with Crippen LogP contribution in [0.5, 0.6) is 0 Å². The van der Waals surface area contributed by atoms with Gasteiger partial charge in [-0.05, 0) is 54.8 Å². The number of hydrogen-bond donors (Lipinski definition) is 1. The van der Waals surface area contributed by atoms with Gasteiger partial charge in [0.1, 0.15) is 0 Å². The topological polar surface area (TPSA) is 52.7 Å². The first-order chi connectivity index (χ1) is 15.9. The Morgan fingerprint density at radius 3 is 2.61 bits per heavy atom. The summed E-state index contributed by atoms with van der Waals surface area (Å²) in [5.74, 6) is 0.571. The number of rotatable bonds is 3. The minimum Gasteiger partial charge on any atom is -0.308 e. The number of thioether (sulfide) groups is 1. The number of halogens is 1. The zero-order valence-corrected chi connectivity index (χ0v) is 20.0. The van der Waals surface area contributed by atoms with Gasteiger partial charge in [-0.3, -0.25) is 9.69 Å². The number of carbonyl (C=O) groups excluding carboxylic acids is 2. The number of urea groups is 1. The number of fused-ring (bicyclic) bond motifs is 2. The summed E-state index contributed by atoms with van der Waals surface area (Å²) >= 11 is 7.92. The van der Waals surface area contributed by atoms with E-state index >= 15 is 0 Å². The van der Waals surface area contributed by atoms with Crippen molar-refractivity contribution >= 4 is 46.7 Å². The molecule has 0 aliphatic carbocycles. The van der Waals surface area contributed by atoms with Gasteiger partial charge < -0.3 is 10.2 Å². The van der Waals surface area contributed by atoms with E-state index < -0.39 is 4.87 Å². The third kappa shape index (κ3) is 3.58. The molecule has 0 saturated carbocycles. The van der Waals surface area contributed by atoms with Crippen molar-refractivity contribution in [3.63, 3.8) is 0 Å². The van der Waals surface area contributed by atoms with Crippen molar-refractivity contribution < 1.29 is 9.59 Å². The third-order valence-corrected chi connectivity index (χ3v) is 8.18. The molecular weight excluding hydrogens is 454 g/mol. The number of hydrogen-bond acceptors (Lipinski definition) is 3. The van der Waals surface area contributed by atoms with E-state index in [1.54, 1.807) is 9.80 Å². The quantitative estimate of drug-likeness (QED) is 0.508. The molecule has 1 saturated heterocycles. The second kappa shape index (κ2) is 8.43. The Kier molecular flexibility index (Phi) is 5.59. The van der Waals surface area contributed by atoms with Crippen molar-refractivity contribution in [2.45, 2.75) is 25.3 Å². The zero-order valence-electron chi connectivity index (χ0n) is 18.5. The molecule has 7 heteroatoms. The summed E-state index contributed by atoms with van der Waals surface area (Å²) in [6.45, 7) is 4.89. The van der Waals surface area contributed by atoms with Crippen LogP contribution in [0.2, 0.25) is 5.02 Å². The van der Waals surface area contributed by atoms with E-state index in [0.717, 1.165) is 33.6 Å². The lowest BCUT2D eigenvalue weighted by atomic mass is 10.1. The first kappa shape index (κ1) is 21.9. The van der Waals surface area contributed by atoms with Crippen molar-refractivity contribution in [2.75, 3.05) is 22.5 Å². The highest BCUT2D eigenvalue weighted by Gasteiger charge is 2.59. The molecule has 33 heavy (non-hydrogen) atoms. The Balaban J connectivity index is 1.51. The van der Waals surface area contributed by atoms with Crippen LogP contribution in [0.4, 0.5) is 16.2 Å². The summed E-state index contributed by atoms with van der Waals surface area (Å²) in [6, 6.07) is 20.8. The lowest BCUT2D eigenvalue weighted by Gasteiger charge is -2.33. The Bertz CT molecular complexity index is 1260. The fourth-order valence-electron chi connectivity index (χ4n) is 4.53. The second-order valence-corrected chi connectivity index (χ2v) is 10.1. The van der Waals surface area contributed by atoms with Crippen LogP contribution in [0.3, 0.4) is 0 Å². The van der Waals surface area contributed by atoms with E-state index in [0.29, 0.717) is 23.9 Å². The molecule has 5 nitrogen and oxygen atoms in total. The molecular formula is C26H24ClN3O2S. The number of nitrogens with zero attached hydrogens (tertiary/aromatic N) is 2. The predicted octanol–water partition coefficient (Wildman–Crippen LogP) is 5.94. The lowest BCUT2D eigenvalue weighted by Crippen LogP contribution is -2.51. The minimum atomic E-state index is -1.08. The highest BCUT2D eigenvalue weighted by Crippen LogP contribution is 2.54. The minimum absolute atomic E-state index is 0.110. The molecule has 1 fully saturated rings. The molecule has 0 radical (unpaired) electrons. The van der Waals surface area contributed by atoms with Crippen LogP contribution in [0.25, 0.3) is 0 Å². The number of anilines is 2. The van der Waals surface area contributed by atoms with Crippen LogP contribution < -0.4 is 10.2 Å². The molecule has 1 spiro atoms. The van der Waals surface area contributed by atoms with Crippen LogP contribution in [-0.2, 0) is 16.2 Å². The first-order valence-corrected chi connectivity index (χ1v) is 12.2. The number of amides is 3. The van der Waals surface area contributed by atoms with Crippen LogP contribution >= 0.6 is 23.4 Å². The zero-order chi connectivity index (χ0) is 23.2. The molecule has 0 aromatic heterocycles. The van der Waals surface area contributed by atoms with E-state index in [1.807, 2.05) is 80.6 Å². The van der Waals surface area contributed by atoms with Gasteiger partial charge in [-0.25, -0.2) is 4.79 Å². The molecule has 3 aromatic rings. The standard InChI is InChI=1S/C26H24ClN3O2S/c1-17-11-12-20(15-18(17)2)28-25(32)30-13-14-33-26(30)21-8-4-6-10-23(21)29(24(26)31)16-19-7-3-5-9-22(19)27/h3-12,15H,13-14,16H2,1-2H3,(H,28,32). The van der Waals surface area contributed by atoms with Crippen LogP contribution in [0, 0.1) is 13.8 Å². The molecule has 0 bridgehead atoms. The molecule has 2 heterocycles. The summed E-state index contributed by atoms with van der Waals surface area (Å²) in [5, 5.41) is 3.63. The second-order valence-electron chi connectivity index (χ2n) is 8.37. The maximum absolute atomic E-state index is 14.0. The molecule has 1 N–H and O–H groups in total. The molecule has 3 amide bonds. The molecule has 3 aromatic carbocycles. The van der Waals surface area contributed by atoms with Gasteiger partial charge in [-0.2, -0.15) is 0 Å². The molecule has 2 aliphatic heterocycles. The first-order valence-electron chi connectivity index (χ1n) is 10.9. The average Bonchev–Trinajstić information content (AvgIpc) is 3.35. The highest BCUT2D eigenvalue weighted by atomic mass is 35.5. The molecule has 1 unspecified atom stereocenters. The maximum atomic E-state index is 14.0. The van der Waals surface area contributed by atoms with Crippen molar-refractivity contribution in [1.29, 1.82) is 0 Å². The van der Waals surface area contributed by atoms with Gasteiger partial charge in [0.2, 0.25) is 0 Å². The Morgan fingerprint density at radius 1 is 1.06 bits per heavy atom. The SMILES string of the molecule is Cc1ccc(NC(=O)N2CCSC23C(=O)N(Cc2ccccc2Cl)c2ccccc23)cc1C. The molecule has 5 rings (SSSR count). The van der Waals surface area contributed by atoms with E-state index in [2.05, 4.69) is 5.32 Å². The van der Waals surface area contributed by atoms with E-state index in [9.17, 15) is 9.59 Å². The fourth-order valence-corrected chi connectivity index (χ4v) is 6.19. The fraction of sp³-hybridized carbons (Fsp3) is 0.231. The Labute approximate surface area is 202 Å². The summed E-state index contributed by atoms with van der Waals surface area (Å²) in [7, 11) is 0. The summed E-state index contributed by atoms with van der Waals surface area (Å²) in [4.78, 5) is 29.8. The van der Waals surface area contributed by atoms with Crippen molar-refractivity contribution in [2.24, 2.45) is 0 Å². The largest absolute Gasteiger partial charge is 0.323 e. The normalized spacial score (nSPS) is 19.3. The smallest absolute Gasteiger partial charge is 0.308 e. The summed E-state index contributed by atoms with van der Waals surface area (Å²) < 4.78 is 0. The van der Waals surface area contributed by atoms with Gasteiger partial charge in [-0.1, -0.05) is 54.1 Å². The van der Waals surface area contributed by atoms with Gasteiger partial charge in [0, 0.05) is 28.6 Å². The highest BCUT2D eigenvalue weighted by molar-refractivity contribution is 8.01. The van der Waals surface area contributed by atoms with Gasteiger partial charge >= 0.3 is 6.03 Å². The Hall–Kier alpha value is -2.96. The van der Waals surface area contributed by atoms with Crippen LogP contribution in [0.1, 0.15) is 22.3 Å². The van der Waals surface area contributed by atoms with Crippen LogP contribution in [-0.4, -0.2) is 29.1 Å². The van der Waals surface area contributed by atoms with E-state index in [1.165, 1.54) is 11.8 Å². The predicted molar refractivity (Wildman–Crippen MR) is 135 cm³/mol. The molecule has 168 valence electrons. The monoisotopic (exact) mass is 477 g/mol. The van der Waals surface area contributed by atoms with Crippen molar-refractivity contribution in [3.05, 3.63) is 94.0 Å². The number of para-hydroxylation sites is 1. The van der Waals surface area contributed by atoms with Crippen molar-refractivity contribution in [1.82, 2.24) is 4.90 Å². The number of nitrogens with one attached hydrogen (secondary N) is 1. The maximum Gasteiger partial charge on any atom is 0.323 e. The van der Waals surface area contributed by atoms with Gasteiger partial charge in [-0.15, -0.1) is 11.8 Å². The summed E-state index contributed by atoms with van der Waals surface area (Å²) in [6.07, 6.45) is 0. The lowest BCUT2D eigenvalue weighted by molar-refractivity contribution is -0.123. The van der Waals surface area contributed by atoms with E-state index in [-0.39, 0.29) is 11.9 Å². The van der Waals surface area contributed by atoms with Gasteiger partial charge in [0.15, 0.2) is 4.87 Å². The number of aryl methyl sites for hydroxylation is 2. The number of benzene rings is 3. The summed E-state index contributed by atoms with van der Waals surface area (Å²) in [5.41, 5.74) is 5.53. The van der Waals surface area contributed by atoms with Crippen LogP contribution in [0.15, 0.2) is 66.7 Å². The average molecular weight is 478 g/mol. The molecule has 2 aliphatic rings. The van der Waals surface area contributed by atoms with Gasteiger partial charge in [0.25, 0.3) is 5.91 Å².